The van der Waals surface area contributed by atoms with E-state index in [0.29, 0.717) is 12.2 Å². The van der Waals surface area contributed by atoms with Gasteiger partial charge < -0.3 is 10.6 Å². The number of nitriles is 1. The maximum absolute atomic E-state index is 13.2. The molecule has 0 saturated carbocycles. The van der Waals surface area contributed by atoms with Gasteiger partial charge in [-0.05, 0) is 19.1 Å². The largest absolute Gasteiger partial charge is 0.375 e. The second-order valence-electron chi connectivity index (χ2n) is 3.08. The summed E-state index contributed by atoms with van der Waals surface area (Å²) in [5.41, 5.74) is 0.251. The number of carbonyl (C=O) groups is 1. The van der Waals surface area contributed by atoms with Crippen molar-refractivity contribution in [1.29, 1.82) is 5.26 Å². The Kier molecular flexibility index (Phi) is 4.28. The number of anilines is 1. The van der Waals surface area contributed by atoms with Crippen molar-refractivity contribution in [2.75, 3.05) is 18.4 Å². The maximum atomic E-state index is 13.2. The molecule has 5 heteroatoms. The summed E-state index contributed by atoms with van der Waals surface area (Å²) in [5.74, 6) is -0.793. The standard InChI is InChI=1S/C11H12FN3O/c1-2-14-11(16)7-15-10-5-3-4-9(12)8(10)6-13/h3-5,15H,2,7H2,1H3,(H,14,16). The fraction of sp³-hybridized carbons (Fsp3) is 0.273. The molecule has 1 rings (SSSR count). The molecule has 0 aliphatic rings. The summed E-state index contributed by atoms with van der Waals surface area (Å²) in [6, 6.07) is 5.99. The monoisotopic (exact) mass is 221 g/mol. The molecule has 0 unspecified atom stereocenters. The summed E-state index contributed by atoms with van der Waals surface area (Å²) < 4.78 is 13.2. The van der Waals surface area contributed by atoms with Crippen LogP contribution in [0.25, 0.3) is 0 Å². The Morgan fingerprint density at radius 1 is 1.56 bits per heavy atom. The van der Waals surface area contributed by atoms with E-state index >= 15 is 0 Å². The Balaban J connectivity index is 2.71. The van der Waals surface area contributed by atoms with Crippen molar-refractivity contribution in [3.05, 3.63) is 29.6 Å². The zero-order chi connectivity index (χ0) is 12.0. The first-order valence-corrected chi connectivity index (χ1v) is 4.88. The Labute approximate surface area is 93.1 Å². The number of likely N-dealkylation sites (N-methyl/N-ethyl adjacent to an activating group) is 1. The van der Waals surface area contributed by atoms with Crippen molar-refractivity contribution < 1.29 is 9.18 Å². The lowest BCUT2D eigenvalue weighted by atomic mass is 10.2. The predicted octanol–water partition coefficient (Wildman–Crippen LogP) is 1.25. The molecule has 84 valence electrons. The van der Waals surface area contributed by atoms with Gasteiger partial charge in [-0.15, -0.1) is 0 Å². The normalized spacial score (nSPS) is 9.31. The highest BCUT2D eigenvalue weighted by atomic mass is 19.1. The fourth-order valence-electron chi connectivity index (χ4n) is 1.22. The Bertz CT molecular complexity index is 426. The number of hydrogen-bond donors (Lipinski definition) is 2. The first kappa shape index (κ1) is 12.0. The summed E-state index contributed by atoms with van der Waals surface area (Å²) in [5, 5.41) is 14.0. The van der Waals surface area contributed by atoms with E-state index < -0.39 is 5.82 Å². The Morgan fingerprint density at radius 2 is 2.31 bits per heavy atom. The number of benzene rings is 1. The highest BCUT2D eigenvalue weighted by Crippen LogP contribution is 2.17. The van der Waals surface area contributed by atoms with E-state index in [1.165, 1.54) is 12.1 Å². The van der Waals surface area contributed by atoms with Crippen LogP contribution in [-0.4, -0.2) is 19.0 Å². The zero-order valence-electron chi connectivity index (χ0n) is 8.88. The lowest BCUT2D eigenvalue weighted by Crippen LogP contribution is -2.29. The van der Waals surface area contributed by atoms with E-state index in [0.717, 1.165) is 0 Å². The molecule has 0 atom stereocenters. The third-order valence-corrected chi connectivity index (χ3v) is 1.94. The lowest BCUT2D eigenvalue weighted by Gasteiger charge is -2.08. The SMILES string of the molecule is CCNC(=O)CNc1cccc(F)c1C#N. The Hall–Kier alpha value is -2.09. The van der Waals surface area contributed by atoms with Gasteiger partial charge in [-0.1, -0.05) is 6.07 Å². The summed E-state index contributed by atoms with van der Waals surface area (Å²) >= 11 is 0. The van der Waals surface area contributed by atoms with Gasteiger partial charge in [-0.2, -0.15) is 5.26 Å². The summed E-state index contributed by atoms with van der Waals surface area (Å²) in [7, 11) is 0. The van der Waals surface area contributed by atoms with Crippen LogP contribution in [0.3, 0.4) is 0 Å². The molecule has 0 saturated heterocycles. The third-order valence-electron chi connectivity index (χ3n) is 1.94. The molecule has 16 heavy (non-hydrogen) atoms. The van der Waals surface area contributed by atoms with Gasteiger partial charge in [0.15, 0.2) is 0 Å². The van der Waals surface area contributed by atoms with Gasteiger partial charge >= 0.3 is 0 Å². The second kappa shape index (κ2) is 5.71. The van der Waals surface area contributed by atoms with Gasteiger partial charge in [0.2, 0.25) is 5.91 Å². The van der Waals surface area contributed by atoms with Crippen LogP contribution in [0.1, 0.15) is 12.5 Å². The van der Waals surface area contributed by atoms with Crippen molar-refractivity contribution in [3.63, 3.8) is 0 Å². The van der Waals surface area contributed by atoms with Crippen LogP contribution >= 0.6 is 0 Å². The van der Waals surface area contributed by atoms with Crippen LogP contribution in [0, 0.1) is 17.1 Å². The van der Waals surface area contributed by atoms with E-state index in [-0.39, 0.29) is 18.0 Å². The van der Waals surface area contributed by atoms with Gasteiger partial charge in [0, 0.05) is 6.54 Å². The number of nitrogens with one attached hydrogen (secondary N) is 2. The van der Waals surface area contributed by atoms with E-state index in [4.69, 9.17) is 5.26 Å². The molecule has 0 spiro atoms. The zero-order valence-corrected chi connectivity index (χ0v) is 8.88. The average Bonchev–Trinajstić information content (AvgIpc) is 2.27. The van der Waals surface area contributed by atoms with Crippen molar-refractivity contribution >= 4 is 11.6 Å². The minimum absolute atomic E-state index is 0.0198. The van der Waals surface area contributed by atoms with E-state index in [9.17, 15) is 9.18 Å². The number of rotatable bonds is 4. The molecule has 0 aliphatic heterocycles. The van der Waals surface area contributed by atoms with E-state index in [2.05, 4.69) is 10.6 Å². The van der Waals surface area contributed by atoms with Crippen LogP contribution in [0.2, 0.25) is 0 Å². The van der Waals surface area contributed by atoms with E-state index in [1.807, 2.05) is 0 Å². The van der Waals surface area contributed by atoms with Gasteiger partial charge in [-0.25, -0.2) is 4.39 Å². The second-order valence-corrected chi connectivity index (χ2v) is 3.08. The van der Waals surface area contributed by atoms with Crippen molar-refractivity contribution in [1.82, 2.24) is 5.32 Å². The molecular weight excluding hydrogens is 209 g/mol. The smallest absolute Gasteiger partial charge is 0.239 e. The molecule has 0 bridgehead atoms. The van der Waals surface area contributed by atoms with Crippen LogP contribution in [-0.2, 0) is 4.79 Å². The topological polar surface area (TPSA) is 64.9 Å². The fourth-order valence-corrected chi connectivity index (χ4v) is 1.22. The molecule has 1 aromatic rings. The highest BCUT2D eigenvalue weighted by molar-refractivity contribution is 5.81. The van der Waals surface area contributed by atoms with Crippen molar-refractivity contribution in [2.24, 2.45) is 0 Å². The molecule has 0 aromatic heterocycles. The first-order valence-electron chi connectivity index (χ1n) is 4.88. The average molecular weight is 221 g/mol. The summed E-state index contributed by atoms with van der Waals surface area (Å²) in [6.07, 6.45) is 0. The van der Waals surface area contributed by atoms with Crippen LogP contribution in [0.15, 0.2) is 18.2 Å². The summed E-state index contributed by atoms with van der Waals surface area (Å²) in [6.45, 7) is 2.36. The third kappa shape index (κ3) is 2.95. The highest BCUT2D eigenvalue weighted by Gasteiger charge is 2.08. The molecule has 1 aromatic carbocycles. The lowest BCUT2D eigenvalue weighted by molar-refractivity contribution is -0.119. The minimum Gasteiger partial charge on any atom is -0.375 e. The molecule has 4 nitrogen and oxygen atoms in total. The van der Waals surface area contributed by atoms with Crippen LogP contribution < -0.4 is 10.6 Å². The number of carbonyl (C=O) groups excluding carboxylic acids is 1. The molecule has 1 amide bonds. The minimum atomic E-state index is -0.594. The van der Waals surface area contributed by atoms with Gasteiger partial charge in [-0.3, -0.25) is 4.79 Å². The van der Waals surface area contributed by atoms with Crippen molar-refractivity contribution in [3.8, 4) is 6.07 Å². The van der Waals surface area contributed by atoms with Gasteiger partial charge in [0.25, 0.3) is 0 Å². The predicted molar refractivity (Wildman–Crippen MR) is 58.3 cm³/mol. The molecule has 0 aliphatic carbocycles. The molecule has 2 N–H and O–H groups in total. The quantitative estimate of drug-likeness (QED) is 0.804. The molecule has 0 fully saturated rings. The Morgan fingerprint density at radius 3 is 2.94 bits per heavy atom. The van der Waals surface area contributed by atoms with Gasteiger partial charge in [0.05, 0.1) is 12.2 Å². The van der Waals surface area contributed by atoms with Gasteiger partial charge in [0.1, 0.15) is 17.4 Å². The molecule has 0 heterocycles. The number of nitrogens with zero attached hydrogens (tertiary/aromatic N) is 1. The number of amides is 1. The molecular formula is C11H12FN3O. The number of halogens is 1. The van der Waals surface area contributed by atoms with E-state index in [1.54, 1.807) is 19.1 Å². The van der Waals surface area contributed by atoms with Crippen LogP contribution in [0.5, 0.6) is 0 Å². The maximum Gasteiger partial charge on any atom is 0.239 e. The summed E-state index contributed by atoms with van der Waals surface area (Å²) in [4.78, 5) is 11.2. The molecule has 0 radical (unpaired) electrons. The van der Waals surface area contributed by atoms with Crippen LogP contribution in [0.4, 0.5) is 10.1 Å². The van der Waals surface area contributed by atoms with Crippen molar-refractivity contribution in [2.45, 2.75) is 6.92 Å². The number of hydrogen-bond acceptors (Lipinski definition) is 3. The first-order chi connectivity index (χ1) is 7.69.